The molecule has 4 aromatic rings. The van der Waals surface area contributed by atoms with E-state index in [4.69, 9.17) is 9.47 Å². The summed E-state index contributed by atoms with van der Waals surface area (Å²) in [5.41, 5.74) is 4.99. The minimum Gasteiger partial charge on any atom is -0.497 e. The third kappa shape index (κ3) is 5.08. The molecule has 0 saturated heterocycles. The van der Waals surface area contributed by atoms with Gasteiger partial charge in [0, 0.05) is 5.56 Å². The van der Waals surface area contributed by atoms with Gasteiger partial charge in [-0.3, -0.25) is 4.79 Å². The molecule has 5 heteroatoms. The van der Waals surface area contributed by atoms with Crippen LogP contribution in [0.1, 0.15) is 21.5 Å². The van der Waals surface area contributed by atoms with Crippen LogP contribution >= 0.6 is 0 Å². The molecular formula is C26H22N2O3. The Kier molecular flexibility index (Phi) is 6.24. The third-order valence-corrected chi connectivity index (χ3v) is 4.86. The van der Waals surface area contributed by atoms with Crippen molar-refractivity contribution in [2.24, 2.45) is 5.10 Å². The molecule has 0 aromatic heterocycles. The van der Waals surface area contributed by atoms with Crippen LogP contribution < -0.4 is 14.9 Å². The van der Waals surface area contributed by atoms with Crippen molar-refractivity contribution in [2.45, 2.75) is 6.61 Å². The second-order valence-electron chi connectivity index (χ2n) is 6.93. The Labute approximate surface area is 180 Å². The van der Waals surface area contributed by atoms with Crippen molar-refractivity contribution in [3.63, 3.8) is 0 Å². The van der Waals surface area contributed by atoms with Crippen LogP contribution in [0.4, 0.5) is 0 Å². The van der Waals surface area contributed by atoms with Gasteiger partial charge < -0.3 is 9.47 Å². The molecule has 154 valence electrons. The number of benzene rings is 4. The van der Waals surface area contributed by atoms with Crippen LogP contribution in [0.15, 0.2) is 96.1 Å². The molecule has 5 nitrogen and oxygen atoms in total. The van der Waals surface area contributed by atoms with E-state index >= 15 is 0 Å². The van der Waals surface area contributed by atoms with Crippen molar-refractivity contribution in [3.05, 3.63) is 108 Å². The summed E-state index contributed by atoms with van der Waals surface area (Å²) in [5.74, 6) is 1.14. The lowest BCUT2D eigenvalue weighted by Gasteiger charge is -2.09. The fourth-order valence-electron chi connectivity index (χ4n) is 3.24. The molecule has 1 amide bonds. The Morgan fingerprint density at radius 2 is 1.68 bits per heavy atom. The lowest BCUT2D eigenvalue weighted by molar-refractivity contribution is 0.0955. The maximum atomic E-state index is 12.2. The van der Waals surface area contributed by atoms with Gasteiger partial charge in [0.2, 0.25) is 0 Å². The molecular weight excluding hydrogens is 388 g/mol. The van der Waals surface area contributed by atoms with Crippen molar-refractivity contribution in [1.29, 1.82) is 0 Å². The molecule has 0 spiro atoms. The topological polar surface area (TPSA) is 59.9 Å². The monoisotopic (exact) mass is 410 g/mol. The first kappa shape index (κ1) is 20.2. The average Bonchev–Trinajstić information content (AvgIpc) is 2.83. The van der Waals surface area contributed by atoms with E-state index in [9.17, 15) is 4.79 Å². The maximum Gasteiger partial charge on any atom is 0.271 e. The number of hydrazone groups is 1. The minimum atomic E-state index is -0.290. The number of carbonyl (C=O) groups excluding carboxylic acids is 1. The van der Waals surface area contributed by atoms with E-state index in [0.29, 0.717) is 17.9 Å². The molecule has 0 saturated carbocycles. The smallest absolute Gasteiger partial charge is 0.271 e. The molecule has 0 aliphatic carbocycles. The Morgan fingerprint density at radius 3 is 2.52 bits per heavy atom. The van der Waals surface area contributed by atoms with E-state index in [1.807, 2.05) is 42.5 Å². The number of ether oxygens (including phenoxy) is 2. The van der Waals surface area contributed by atoms with Crippen molar-refractivity contribution in [1.82, 2.24) is 5.43 Å². The zero-order valence-electron chi connectivity index (χ0n) is 17.1. The number of amides is 1. The molecule has 0 heterocycles. The van der Waals surface area contributed by atoms with Crippen molar-refractivity contribution in [3.8, 4) is 11.5 Å². The lowest BCUT2D eigenvalue weighted by atomic mass is 10.1. The largest absolute Gasteiger partial charge is 0.497 e. The van der Waals surface area contributed by atoms with Gasteiger partial charge in [-0.05, 0) is 58.3 Å². The standard InChI is InChI=1S/C26H22N2O3/c1-30-23-14-12-21(13-15-23)26(29)28-27-17-19-6-4-10-24(16-19)31-18-22-9-5-8-20-7-2-3-11-25(20)22/h2-17H,18H2,1H3,(H,28,29)/b27-17-. The highest BCUT2D eigenvalue weighted by Crippen LogP contribution is 2.21. The summed E-state index contributed by atoms with van der Waals surface area (Å²) >= 11 is 0. The average molecular weight is 410 g/mol. The summed E-state index contributed by atoms with van der Waals surface area (Å²) in [5, 5.41) is 6.43. The van der Waals surface area contributed by atoms with E-state index in [1.165, 1.54) is 10.8 Å². The molecule has 0 radical (unpaired) electrons. The van der Waals surface area contributed by atoms with E-state index in [2.05, 4.69) is 34.8 Å². The molecule has 4 aromatic carbocycles. The van der Waals surface area contributed by atoms with E-state index in [0.717, 1.165) is 16.9 Å². The zero-order valence-corrected chi connectivity index (χ0v) is 17.1. The van der Waals surface area contributed by atoms with Crippen LogP contribution in [0.2, 0.25) is 0 Å². The molecule has 4 rings (SSSR count). The molecule has 0 unspecified atom stereocenters. The van der Waals surface area contributed by atoms with Gasteiger partial charge in [0.1, 0.15) is 18.1 Å². The van der Waals surface area contributed by atoms with Gasteiger partial charge in [0.25, 0.3) is 5.91 Å². The summed E-state index contributed by atoms with van der Waals surface area (Å²) in [6, 6.07) is 28.9. The summed E-state index contributed by atoms with van der Waals surface area (Å²) in [7, 11) is 1.58. The third-order valence-electron chi connectivity index (χ3n) is 4.86. The van der Waals surface area contributed by atoms with Crippen molar-refractivity contribution < 1.29 is 14.3 Å². The van der Waals surface area contributed by atoms with Crippen LogP contribution in [0, 0.1) is 0 Å². The predicted octanol–water partition coefficient (Wildman–Crippen LogP) is 5.19. The highest BCUT2D eigenvalue weighted by molar-refractivity contribution is 5.95. The Bertz CT molecular complexity index is 1210. The van der Waals surface area contributed by atoms with Gasteiger partial charge in [-0.1, -0.05) is 54.6 Å². The van der Waals surface area contributed by atoms with Gasteiger partial charge in [-0.15, -0.1) is 0 Å². The number of methoxy groups -OCH3 is 1. The first-order valence-electron chi connectivity index (χ1n) is 9.90. The molecule has 0 bridgehead atoms. The van der Waals surface area contributed by atoms with Gasteiger partial charge >= 0.3 is 0 Å². The SMILES string of the molecule is COc1ccc(C(=O)N/N=C\c2cccc(OCc3cccc4ccccc34)c2)cc1. The highest BCUT2D eigenvalue weighted by atomic mass is 16.5. The van der Waals surface area contributed by atoms with Crippen molar-refractivity contribution >= 4 is 22.9 Å². The van der Waals surface area contributed by atoms with E-state index < -0.39 is 0 Å². The van der Waals surface area contributed by atoms with Crippen LogP contribution in [0.25, 0.3) is 10.8 Å². The molecule has 0 aliphatic heterocycles. The van der Waals surface area contributed by atoms with Gasteiger partial charge in [0.15, 0.2) is 0 Å². The van der Waals surface area contributed by atoms with Crippen molar-refractivity contribution in [2.75, 3.05) is 7.11 Å². The Morgan fingerprint density at radius 1 is 0.903 bits per heavy atom. The van der Waals surface area contributed by atoms with Crippen LogP contribution in [-0.2, 0) is 6.61 Å². The van der Waals surface area contributed by atoms with Gasteiger partial charge in [-0.2, -0.15) is 5.10 Å². The summed E-state index contributed by atoms with van der Waals surface area (Å²) in [6.45, 7) is 0.468. The molecule has 0 atom stereocenters. The van der Waals surface area contributed by atoms with Crippen LogP contribution in [0.3, 0.4) is 0 Å². The molecule has 0 aliphatic rings. The Balaban J connectivity index is 1.38. The van der Waals surface area contributed by atoms with E-state index in [-0.39, 0.29) is 5.91 Å². The first-order chi connectivity index (χ1) is 15.2. The van der Waals surface area contributed by atoms with Gasteiger partial charge in [0.05, 0.1) is 13.3 Å². The molecule has 0 fully saturated rings. The zero-order chi connectivity index (χ0) is 21.5. The number of hydrogen-bond donors (Lipinski definition) is 1. The first-order valence-corrected chi connectivity index (χ1v) is 9.90. The van der Waals surface area contributed by atoms with Gasteiger partial charge in [-0.25, -0.2) is 5.43 Å². The summed E-state index contributed by atoms with van der Waals surface area (Å²) < 4.78 is 11.1. The summed E-state index contributed by atoms with van der Waals surface area (Å²) in [6.07, 6.45) is 1.59. The predicted molar refractivity (Wildman–Crippen MR) is 123 cm³/mol. The molecule has 31 heavy (non-hydrogen) atoms. The van der Waals surface area contributed by atoms with Crippen LogP contribution in [-0.4, -0.2) is 19.2 Å². The number of rotatable bonds is 7. The normalized spacial score (nSPS) is 10.9. The fraction of sp³-hybridized carbons (Fsp3) is 0.0769. The highest BCUT2D eigenvalue weighted by Gasteiger charge is 2.04. The maximum absolute atomic E-state index is 12.2. The molecule has 1 N–H and O–H groups in total. The lowest BCUT2D eigenvalue weighted by Crippen LogP contribution is -2.17. The number of nitrogens with zero attached hydrogens (tertiary/aromatic N) is 1. The number of nitrogens with one attached hydrogen (secondary N) is 1. The number of carbonyl (C=O) groups is 1. The Hall–Kier alpha value is -4.12. The minimum absolute atomic E-state index is 0.290. The van der Waals surface area contributed by atoms with E-state index in [1.54, 1.807) is 37.6 Å². The second kappa shape index (κ2) is 9.59. The number of fused-ring (bicyclic) bond motifs is 1. The summed E-state index contributed by atoms with van der Waals surface area (Å²) in [4.78, 5) is 12.2. The second-order valence-corrected chi connectivity index (χ2v) is 6.93. The number of hydrogen-bond acceptors (Lipinski definition) is 4. The fourth-order valence-corrected chi connectivity index (χ4v) is 3.24. The van der Waals surface area contributed by atoms with Crippen LogP contribution in [0.5, 0.6) is 11.5 Å². The quantitative estimate of drug-likeness (QED) is 0.337.